The van der Waals surface area contributed by atoms with E-state index in [2.05, 4.69) is 4.98 Å². The van der Waals surface area contributed by atoms with Gasteiger partial charge in [-0.05, 0) is 50.1 Å². The van der Waals surface area contributed by atoms with Crippen molar-refractivity contribution in [3.8, 4) is 0 Å². The summed E-state index contributed by atoms with van der Waals surface area (Å²) < 4.78 is 32.5. The van der Waals surface area contributed by atoms with E-state index in [-0.39, 0.29) is 5.91 Å². The van der Waals surface area contributed by atoms with E-state index in [9.17, 15) is 13.6 Å². The molecule has 1 heterocycles. The van der Waals surface area contributed by atoms with Gasteiger partial charge in [-0.1, -0.05) is 12.1 Å². The van der Waals surface area contributed by atoms with E-state index in [0.717, 1.165) is 12.1 Å². The van der Waals surface area contributed by atoms with Crippen molar-refractivity contribution in [1.82, 2.24) is 9.88 Å². The van der Waals surface area contributed by atoms with E-state index < -0.39 is 23.8 Å². The minimum Gasteiger partial charge on any atom is -0.369 e. The number of carbonyl (C=O) groups excluding carboxylic acids is 1. The summed E-state index contributed by atoms with van der Waals surface area (Å²) >= 11 is 0. The Hall–Kier alpha value is -2.34. The molecular weight excluding hydrogens is 326 g/mol. The molecule has 2 aromatic rings. The van der Waals surface area contributed by atoms with Crippen LogP contribution >= 0.6 is 0 Å². The maximum Gasteiger partial charge on any atom is 0.252 e. The highest BCUT2D eigenvalue weighted by atomic mass is 19.2. The first kappa shape index (κ1) is 19.0. The molecule has 1 aromatic heterocycles. The zero-order valence-corrected chi connectivity index (χ0v) is 14.6. The van der Waals surface area contributed by atoms with Gasteiger partial charge in [-0.2, -0.15) is 0 Å². The molecular formula is C19H22F2N2O2. The Morgan fingerprint density at radius 2 is 1.96 bits per heavy atom. The maximum atomic E-state index is 13.8. The number of benzene rings is 1. The average Bonchev–Trinajstić information content (AvgIpc) is 2.62. The van der Waals surface area contributed by atoms with Crippen LogP contribution in [0.5, 0.6) is 0 Å². The molecule has 4 nitrogen and oxygen atoms in total. The van der Waals surface area contributed by atoms with Crippen LogP contribution in [0.4, 0.5) is 8.78 Å². The van der Waals surface area contributed by atoms with Gasteiger partial charge < -0.3 is 9.64 Å². The number of ether oxygens (including phenoxy) is 1. The van der Waals surface area contributed by atoms with Crippen LogP contribution in [0.15, 0.2) is 42.7 Å². The van der Waals surface area contributed by atoms with Crippen LogP contribution in [-0.2, 0) is 9.53 Å². The summed E-state index contributed by atoms with van der Waals surface area (Å²) in [5.41, 5.74) is 1.19. The predicted octanol–water partition coefficient (Wildman–Crippen LogP) is 3.72. The minimum atomic E-state index is -0.951. The van der Waals surface area contributed by atoms with Gasteiger partial charge in [0.15, 0.2) is 11.6 Å². The summed E-state index contributed by atoms with van der Waals surface area (Å²) in [7, 11) is 0. The molecule has 2 rings (SSSR count). The Bertz CT molecular complexity index is 710. The van der Waals surface area contributed by atoms with E-state index in [1.165, 1.54) is 6.07 Å². The Balaban J connectivity index is 2.49. The van der Waals surface area contributed by atoms with Gasteiger partial charge in [-0.3, -0.25) is 9.78 Å². The molecule has 1 aromatic carbocycles. The van der Waals surface area contributed by atoms with Crippen LogP contribution in [0.25, 0.3) is 0 Å². The smallest absolute Gasteiger partial charge is 0.252 e. The molecule has 25 heavy (non-hydrogen) atoms. The lowest BCUT2D eigenvalue weighted by Crippen LogP contribution is -2.42. The summed E-state index contributed by atoms with van der Waals surface area (Å²) in [6, 6.07) is 6.64. The van der Waals surface area contributed by atoms with Crippen molar-refractivity contribution < 1.29 is 18.3 Å². The quantitative estimate of drug-likeness (QED) is 0.766. The van der Waals surface area contributed by atoms with Gasteiger partial charge in [0.05, 0.1) is 6.04 Å². The summed E-state index contributed by atoms with van der Waals surface area (Å²) in [5.74, 6) is -2.10. The molecule has 0 radical (unpaired) electrons. The minimum absolute atomic E-state index is 0.220. The van der Waals surface area contributed by atoms with Crippen LogP contribution < -0.4 is 0 Å². The van der Waals surface area contributed by atoms with Crippen molar-refractivity contribution in [2.24, 2.45) is 0 Å². The summed E-state index contributed by atoms with van der Waals surface area (Å²) in [6.07, 6.45) is 2.61. The SMILES string of the molecule is CCOC(C)C(=O)N(CC)C(c1cccnc1)c1ccc(F)c(F)c1. The van der Waals surface area contributed by atoms with E-state index in [0.29, 0.717) is 24.3 Å². The Morgan fingerprint density at radius 3 is 2.52 bits per heavy atom. The lowest BCUT2D eigenvalue weighted by atomic mass is 9.97. The number of rotatable bonds is 7. The van der Waals surface area contributed by atoms with Gasteiger partial charge in [-0.25, -0.2) is 8.78 Å². The number of hydrogen-bond acceptors (Lipinski definition) is 3. The van der Waals surface area contributed by atoms with Gasteiger partial charge in [0.25, 0.3) is 5.91 Å². The number of hydrogen-bond donors (Lipinski definition) is 0. The second-order valence-electron chi connectivity index (χ2n) is 5.58. The highest BCUT2D eigenvalue weighted by Crippen LogP contribution is 2.30. The van der Waals surface area contributed by atoms with Gasteiger partial charge in [0, 0.05) is 25.5 Å². The zero-order chi connectivity index (χ0) is 18.4. The van der Waals surface area contributed by atoms with E-state index in [4.69, 9.17) is 4.74 Å². The number of aromatic nitrogens is 1. The van der Waals surface area contributed by atoms with Crippen LogP contribution in [0.2, 0.25) is 0 Å². The average molecular weight is 348 g/mol. The number of amides is 1. The molecule has 0 aliphatic carbocycles. The third kappa shape index (κ3) is 4.39. The fourth-order valence-corrected chi connectivity index (χ4v) is 2.79. The highest BCUT2D eigenvalue weighted by Gasteiger charge is 2.29. The fraction of sp³-hybridized carbons (Fsp3) is 0.368. The normalized spacial score (nSPS) is 13.3. The number of nitrogens with zero attached hydrogens (tertiary/aromatic N) is 2. The Labute approximate surface area is 146 Å². The lowest BCUT2D eigenvalue weighted by Gasteiger charge is -2.33. The van der Waals surface area contributed by atoms with Gasteiger partial charge in [-0.15, -0.1) is 0 Å². The predicted molar refractivity (Wildman–Crippen MR) is 90.9 cm³/mol. The first-order valence-electron chi connectivity index (χ1n) is 8.26. The van der Waals surface area contributed by atoms with Crippen molar-refractivity contribution in [2.75, 3.05) is 13.2 Å². The van der Waals surface area contributed by atoms with Crippen molar-refractivity contribution in [3.63, 3.8) is 0 Å². The van der Waals surface area contributed by atoms with Gasteiger partial charge in [0.2, 0.25) is 0 Å². The lowest BCUT2D eigenvalue weighted by molar-refractivity contribution is -0.144. The van der Waals surface area contributed by atoms with E-state index >= 15 is 0 Å². The number of halogens is 2. The number of pyridine rings is 1. The molecule has 1 amide bonds. The van der Waals surface area contributed by atoms with E-state index in [1.54, 1.807) is 36.4 Å². The first-order chi connectivity index (χ1) is 12.0. The number of likely N-dealkylation sites (N-methyl/N-ethyl adjacent to an activating group) is 1. The molecule has 0 saturated heterocycles. The topological polar surface area (TPSA) is 42.4 Å². The molecule has 0 fully saturated rings. The van der Waals surface area contributed by atoms with E-state index in [1.807, 2.05) is 13.8 Å². The third-order valence-corrected chi connectivity index (χ3v) is 3.96. The molecule has 0 aliphatic rings. The second-order valence-corrected chi connectivity index (χ2v) is 5.58. The molecule has 2 unspecified atom stereocenters. The Morgan fingerprint density at radius 1 is 1.20 bits per heavy atom. The molecule has 0 saturated carbocycles. The van der Waals surface area contributed by atoms with Crippen molar-refractivity contribution in [3.05, 3.63) is 65.5 Å². The third-order valence-electron chi connectivity index (χ3n) is 3.96. The molecule has 0 N–H and O–H groups in total. The van der Waals surface area contributed by atoms with Crippen LogP contribution in [-0.4, -0.2) is 35.0 Å². The summed E-state index contributed by atoms with van der Waals surface area (Å²) in [6.45, 7) is 6.12. The Kier molecular flexibility index (Phi) is 6.58. The van der Waals surface area contributed by atoms with Gasteiger partial charge >= 0.3 is 0 Å². The van der Waals surface area contributed by atoms with Crippen molar-refractivity contribution in [1.29, 1.82) is 0 Å². The molecule has 6 heteroatoms. The second kappa shape index (κ2) is 8.67. The molecule has 134 valence electrons. The van der Waals surface area contributed by atoms with Crippen molar-refractivity contribution in [2.45, 2.75) is 32.9 Å². The largest absolute Gasteiger partial charge is 0.369 e. The molecule has 0 spiro atoms. The maximum absolute atomic E-state index is 13.8. The summed E-state index contributed by atoms with van der Waals surface area (Å²) in [5, 5.41) is 0. The summed E-state index contributed by atoms with van der Waals surface area (Å²) in [4.78, 5) is 18.5. The van der Waals surface area contributed by atoms with Crippen LogP contribution in [0, 0.1) is 11.6 Å². The zero-order valence-electron chi connectivity index (χ0n) is 14.6. The fourth-order valence-electron chi connectivity index (χ4n) is 2.79. The molecule has 0 bridgehead atoms. The molecule has 0 aliphatic heterocycles. The highest BCUT2D eigenvalue weighted by molar-refractivity contribution is 5.81. The first-order valence-corrected chi connectivity index (χ1v) is 8.26. The van der Waals surface area contributed by atoms with Crippen LogP contribution in [0.1, 0.15) is 37.9 Å². The van der Waals surface area contributed by atoms with Gasteiger partial charge in [0.1, 0.15) is 6.10 Å². The van der Waals surface area contributed by atoms with Crippen LogP contribution in [0.3, 0.4) is 0 Å². The monoisotopic (exact) mass is 348 g/mol. The standard InChI is InChI=1S/C19H22F2N2O2/c1-4-23(19(24)13(3)25-5-2)18(15-7-6-10-22-12-15)14-8-9-16(20)17(21)11-14/h6-13,18H,4-5H2,1-3H3. The number of carbonyl (C=O) groups is 1. The molecule has 2 atom stereocenters. The van der Waals surface area contributed by atoms with Crippen molar-refractivity contribution >= 4 is 5.91 Å².